The summed E-state index contributed by atoms with van der Waals surface area (Å²) in [5.74, 6) is 0.602. The van der Waals surface area contributed by atoms with E-state index in [1.807, 2.05) is 47.1 Å². The van der Waals surface area contributed by atoms with Gasteiger partial charge >= 0.3 is 0 Å². The SMILES string of the molecule is Cc1cc(C(=O)N2CCC[C@@]3(CC2)CN(c2ccccc2)C(=O)CO3)nc(N2CCCCC2)n1. The number of rotatable bonds is 3. The van der Waals surface area contributed by atoms with Crippen LogP contribution in [0.25, 0.3) is 0 Å². The Morgan fingerprint density at radius 2 is 1.76 bits per heavy atom. The number of hydrogen-bond donors (Lipinski definition) is 0. The number of carbonyl (C=O) groups is 2. The predicted octanol–water partition coefficient (Wildman–Crippen LogP) is 3.20. The number of ether oxygens (including phenoxy) is 1. The summed E-state index contributed by atoms with van der Waals surface area (Å²) in [4.78, 5) is 41.2. The van der Waals surface area contributed by atoms with Crippen molar-refractivity contribution in [1.29, 1.82) is 0 Å². The van der Waals surface area contributed by atoms with E-state index in [1.165, 1.54) is 6.42 Å². The molecular formula is C26H33N5O3. The Hall–Kier alpha value is -3.00. The summed E-state index contributed by atoms with van der Waals surface area (Å²) in [5.41, 5.74) is 1.75. The summed E-state index contributed by atoms with van der Waals surface area (Å²) >= 11 is 0. The summed E-state index contributed by atoms with van der Waals surface area (Å²) in [7, 11) is 0. The molecule has 0 bridgehead atoms. The summed E-state index contributed by atoms with van der Waals surface area (Å²) in [6, 6.07) is 11.6. The molecular weight excluding hydrogens is 430 g/mol. The molecule has 1 atom stereocenters. The molecule has 1 aromatic carbocycles. The van der Waals surface area contributed by atoms with Crippen LogP contribution in [0, 0.1) is 6.92 Å². The van der Waals surface area contributed by atoms with Crippen molar-refractivity contribution in [3.8, 4) is 0 Å². The van der Waals surface area contributed by atoms with Gasteiger partial charge in [-0.25, -0.2) is 9.97 Å². The summed E-state index contributed by atoms with van der Waals surface area (Å²) in [6.07, 6.45) is 5.84. The molecule has 8 nitrogen and oxygen atoms in total. The van der Waals surface area contributed by atoms with Crippen molar-refractivity contribution < 1.29 is 14.3 Å². The topological polar surface area (TPSA) is 78.9 Å². The van der Waals surface area contributed by atoms with Gasteiger partial charge in [0.1, 0.15) is 12.3 Å². The van der Waals surface area contributed by atoms with Gasteiger partial charge in [-0.1, -0.05) is 18.2 Å². The predicted molar refractivity (Wildman–Crippen MR) is 130 cm³/mol. The molecule has 180 valence electrons. The van der Waals surface area contributed by atoms with Gasteiger partial charge in [-0.15, -0.1) is 0 Å². The van der Waals surface area contributed by atoms with Gasteiger partial charge in [-0.05, 0) is 63.6 Å². The lowest BCUT2D eigenvalue weighted by atomic mass is 9.92. The van der Waals surface area contributed by atoms with E-state index in [9.17, 15) is 9.59 Å². The van der Waals surface area contributed by atoms with Gasteiger partial charge in [0.05, 0.1) is 12.1 Å². The lowest BCUT2D eigenvalue weighted by molar-refractivity contribution is -0.140. The van der Waals surface area contributed by atoms with E-state index in [0.717, 1.165) is 50.2 Å². The minimum atomic E-state index is -0.431. The van der Waals surface area contributed by atoms with E-state index in [2.05, 4.69) is 14.9 Å². The first-order valence-electron chi connectivity index (χ1n) is 12.4. The lowest BCUT2D eigenvalue weighted by Crippen LogP contribution is -2.55. The number of aryl methyl sites for hydroxylation is 1. The maximum absolute atomic E-state index is 13.5. The molecule has 4 heterocycles. The van der Waals surface area contributed by atoms with Crippen molar-refractivity contribution >= 4 is 23.5 Å². The number of nitrogens with zero attached hydrogens (tertiary/aromatic N) is 5. The number of para-hydroxylation sites is 1. The summed E-state index contributed by atoms with van der Waals surface area (Å²) in [6.45, 7) is 5.64. The molecule has 3 fully saturated rings. The molecule has 0 unspecified atom stereocenters. The normalized spacial score (nSPS) is 23.8. The van der Waals surface area contributed by atoms with Crippen LogP contribution in [-0.4, -0.2) is 71.6 Å². The second kappa shape index (κ2) is 9.70. The fraction of sp³-hybridized carbons (Fsp3) is 0.538. The number of hydrogen-bond acceptors (Lipinski definition) is 6. The highest BCUT2D eigenvalue weighted by atomic mass is 16.5. The molecule has 1 aromatic heterocycles. The highest BCUT2D eigenvalue weighted by molar-refractivity contribution is 5.95. The van der Waals surface area contributed by atoms with Gasteiger partial charge in [0, 0.05) is 37.6 Å². The first kappa shape index (κ1) is 22.8. The van der Waals surface area contributed by atoms with E-state index in [4.69, 9.17) is 4.74 Å². The Labute approximate surface area is 200 Å². The van der Waals surface area contributed by atoms with Crippen molar-refractivity contribution in [3.05, 3.63) is 47.8 Å². The third-order valence-electron chi connectivity index (χ3n) is 7.20. The van der Waals surface area contributed by atoms with Crippen LogP contribution in [0.2, 0.25) is 0 Å². The van der Waals surface area contributed by atoms with E-state index < -0.39 is 5.60 Å². The van der Waals surface area contributed by atoms with Crippen LogP contribution in [0.15, 0.2) is 36.4 Å². The van der Waals surface area contributed by atoms with Gasteiger partial charge in [0.25, 0.3) is 11.8 Å². The molecule has 0 saturated carbocycles. The van der Waals surface area contributed by atoms with Crippen molar-refractivity contribution in [1.82, 2.24) is 14.9 Å². The van der Waals surface area contributed by atoms with E-state index in [0.29, 0.717) is 37.7 Å². The van der Waals surface area contributed by atoms with Gasteiger partial charge in [-0.3, -0.25) is 9.59 Å². The van der Waals surface area contributed by atoms with Crippen LogP contribution < -0.4 is 9.80 Å². The maximum Gasteiger partial charge on any atom is 0.272 e. The van der Waals surface area contributed by atoms with Crippen LogP contribution >= 0.6 is 0 Å². The number of carbonyl (C=O) groups excluding carboxylic acids is 2. The van der Waals surface area contributed by atoms with Crippen LogP contribution in [0.1, 0.15) is 54.7 Å². The zero-order chi connectivity index (χ0) is 23.5. The Morgan fingerprint density at radius 3 is 2.56 bits per heavy atom. The molecule has 1 spiro atoms. The van der Waals surface area contributed by atoms with Crippen molar-refractivity contribution in [2.45, 2.75) is 51.0 Å². The van der Waals surface area contributed by atoms with Crippen LogP contribution in [0.5, 0.6) is 0 Å². The highest BCUT2D eigenvalue weighted by Gasteiger charge is 2.42. The van der Waals surface area contributed by atoms with Crippen molar-refractivity contribution in [2.24, 2.45) is 0 Å². The molecule has 5 rings (SSSR count). The lowest BCUT2D eigenvalue weighted by Gasteiger charge is -2.42. The highest BCUT2D eigenvalue weighted by Crippen LogP contribution is 2.33. The first-order chi connectivity index (χ1) is 16.5. The number of piperidine rings is 1. The van der Waals surface area contributed by atoms with Gasteiger partial charge in [0.2, 0.25) is 5.95 Å². The van der Waals surface area contributed by atoms with E-state index >= 15 is 0 Å². The second-order valence-corrected chi connectivity index (χ2v) is 9.68. The molecule has 3 saturated heterocycles. The Kier molecular flexibility index (Phi) is 6.50. The zero-order valence-corrected chi connectivity index (χ0v) is 19.9. The molecule has 0 N–H and O–H groups in total. The Morgan fingerprint density at radius 1 is 0.971 bits per heavy atom. The molecule has 0 radical (unpaired) electrons. The average molecular weight is 464 g/mol. The number of likely N-dealkylation sites (tertiary alicyclic amines) is 1. The summed E-state index contributed by atoms with van der Waals surface area (Å²) < 4.78 is 6.14. The molecule has 34 heavy (non-hydrogen) atoms. The van der Waals surface area contributed by atoms with Crippen LogP contribution in [0.3, 0.4) is 0 Å². The third-order valence-corrected chi connectivity index (χ3v) is 7.20. The van der Waals surface area contributed by atoms with E-state index in [1.54, 1.807) is 6.07 Å². The summed E-state index contributed by atoms with van der Waals surface area (Å²) in [5, 5.41) is 0. The van der Waals surface area contributed by atoms with Gasteiger partial charge in [-0.2, -0.15) is 0 Å². The minimum absolute atomic E-state index is 0.0179. The second-order valence-electron chi connectivity index (χ2n) is 9.68. The van der Waals surface area contributed by atoms with Gasteiger partial charge in [0.15, 0.2) is 0 Å². The largest absolute Gasteiger partial charge is 0.363 e. The molecule has 0 aliphatic carbocycles. The number of aromatic nitrogens is 2. The molecule has 3 aliphatic heterocycles. The van der Waals surface area contributed by atoms with Crippen LogP contribution in [0.4, 0.5) is 11.6 Å². The Balaban J connectivity index is 1.30. The molecule has 2 amide bonds. The quantitative estimate of drug-likeness (QED) is 0.696. The van der Waals surface area contributed by atoms with E-state index in [-0.39, 0.29) is 18.4 Å². The smallest absolute Gasteiger partial charge is 0.272 e. The monoisotopic (exact) mass is 463 g/mol. The number of anilines is 2. The number of benzene rings is 1. The minimum Gasteiger partial charge on any atom is -0.363 e. The molecule has 2 aromatic rings. The molecule has 3 aliphatic rings. The molecule has 8 heteroatoms. The maximum atomic E-state index is 13.5. The van der Waals surface area contributed by atoms with Crippen molar-refractivity contribution in [3.63, 3.8) is 0 Å². The number of amides is 2. The standard InChI is InChI=1S/C26H33N5O3/c1-20-17-22(28-25(27-20)30-13-6-3-7-14-30)24(33)29-15-8-11-26(12-16-29)19-31(23(32)18-34-26)21-9-4-2-5-10-21/h2,4-5,9-10,17H,3,6-8,11-16,18-19H2,1H3/t26-/m1/s1. The van der Waals surface area contributed by atoms with Gasteiger partial charge < -0.3 is 19.4 Å². The fourth-order valence-corrected chi connectivity index (χ4v) is 5.29. The third kappa shape index (κ3) is 4.78. The first-order valence-corrected chi connectivity index (χ1v) is 12.4. The zero-order valence-electron chi connectivity index (χ0n) is 19.9. The number of morpholine rings is 1. The fourth-order valence-electron chi connectivity index (χ4n) is 5.29. The Bertz CT molecular complexity index is 1040. The average Bonchev–Trinajstić information content (AvgIpc) is 3.08. The van der Waals surface area contributed by atoms with Crippen LogP contribution in [-0.2, 0) is 9.53 Å². The van der Waals surface area contributed by atoms with Crippen molar-refractivity contribution in [2.75, 3.05) is 49.1 Å².